The van der Waals surface area contributed by atoms with Crippen molar-refractivity contribution in [3.05, 3.63) is 51.3 Å². The zero-order valence-electron chi connectivity index (χ0n) is 10.7. The van der Waals surface area contributed by atoms with Crippen LogP contribution >= 0.6 is 15.9 Å². The summed E-state index contributed by atoms with van der Waals surface area (Å²) in [4.78, 5) is 12.4. The Kier molecular flexibility index (Phi) is 3.66. The SMILES string of the molecule is CCc1c(C)nn(C(=O)c2cccc(Br)c2)c1C. The molecule has 0 saturated heterocycles. The second-order valence-electron chi connectivity index (χ2n) is 4.23. The van der Waals surface area contributed by atoms with Crippen LogP contribution in [0.3, 0.4) is 0 Å². The molecule has 0 spiro atoms. The number of aromatic nitrogens is 2. The van der Waals surface area contributed by atoms with Crippen LogP contribution in [-0.4, -0.2) is 15.7 Å². The van der Waals surface area contributed by atoms with Gasteiger partial charge in [-0.3, -0.25) is 4.79 Å². The van der Waals surface area contributed by atoms with Gasteiger partial charge in [-0.05, 0) is 44.0 Å². The van der Waals surface area contributed by atoms with Crippen LogP contribution in [0.5, 0.6) is 0 Å². The standard InChI is InChI=1S/C14H15BrN2O/c1-4-13-9(2)16-17(10(13)3)14(18)11-6-5-7-12(15)8-11/h5-8H,4H2,1-3H3. The van der Waals surface area contributed by atoms with E-state index in [0.717, 1.165) is 27.8 Å². The first-order chi connectivity index (χ1) is 8.54. The third-order valence-corrected chi connectivity index (χ3v) is 3.55. The molecule has 0 atom stereocenters. The van der Waals surface area contributed by atoms with Crippen LogP contribution in [0.2, 0.25) is 0 Å². The van der Waals surface area contributed by atoms with E-state index in [0.29, 0.717) is 5.56 Å². The number of benzene rings is 1. The summed E-state index contributed by atoms with van der Waals surface area (Å²) in [6.07, 6.45) is 0.892. The third kappa shape index (κ3) is 2.25. The van der Waals surface area contributed by atoms with E-state index < -0.39 is 0 Å². The van der Waals surface area contributed by atoms with Gasteiger partial charge in [0.15, 0.2) is 0 Å². The minimum absolute atomic E-state index is 0.0865. The Morgan fingerprint density at radius 3 is 2.67 bits per heavy atom. The molecule has 0 N–H and O–H groups in total. The summed E-state index contributed by atoms with van der Waals surface area (Å²) in [5.41, 5.74) is 3.65. The Bertz CT molecular complexity index is 602. The first-order valence-electron chi connectivity index (χ1n) is 5.90. The van der Waals surface area contributed by atoms with Gasteiger partial charge in [0.25, 0.3) is 5.91 Å². The van der Waals surface area contributed by atoms with Crippen LogP contribution < -0.4 is 0 Å². The lowest BCUT2D eigenvalue weighted by atomic mass is 10.1. The maximum atomic E-state index is 12.4. The fourth-order valence-electron chi connectivity index (χ4n) is 2.13. The number of rotatable bonds is 2. The van der Waals surface area contributed by atoms with Gasteiger partial charge in [-0.15, -0.1) is 0 Å². The van der Waals surface area contributed by atoms with Gasteiger partial charge in [0, 0.05) is 15.7 Å². The number of hydrogen-bond acceptors (Lipinski definition) is 2. The van der Waals surface area contributed by atoms with E-state index in [-0.39, 0.29) is 5.91 Å². The summed E-state index contributed by atoms with van der Waals surface area (Å²) in [5, 5.41) is 4.34. The van der Waals surface area contributed by atoms with Crippen LogP contribution in [0.4, 0.5) is 0 Å². The number of carbonyl (C=O) groups excluding carboxylic acids is 1. The van der Waals surface area contributed by atoms with E-state index in [2.05, 4.69) is 28.0 Å². The van der Waals surface area contributed by atoms with E-state index in [1.807, 2.05) is 32.0 Å². The molecule has 0 fully saturated rings. The zero-order chi connectivity index (χ0) is 13.3. The average molecular weight is 307 g/mol. The Morgan fingerprint density at radius 2 is 2.11 bits per heavy atom. The van der Waals surface area contributed by atoms with Crippen molar-refractivity contribution in [1.29, 1.82) is 0 Å². The maximum Gasteiger partial charge on any atom is 0.278 e. The highest BCUT2D eigenvalue weighted by Crippen LogP contribution is 2.17. The second-order valence-corrected chi connectivity index (χ2v) is 5.15. The smallest absolute Gasteiger partial charge is 0.267 e. The Balaban J connectivity index is 2.47. The molecule has 2 rings (SSSR count). The molecule has 18 heavy (non-hydrogen) atoms. The molecule has 94 valence electrons. The Morgan fingerprint density at radius 1 is 1.39 bits per heavy atom. The Labute approximate surface area is 115 Å². The highest BCUT2D eigenvalue weighted by molar-refractivity contribution is 9.10. The molecule has 4 heteroatoms. The lowest BCUT2D eigenvalue weighted by Crippen LogP contribution is -2.15. The molecule has 0 bridgehead atoms. The van der Waals surface area contributed by atoms with Crippen LogP contribution in [-0.2, 0) is 6.42 Å². The molecular formula is C14H15BrN2O. The predicted molar refractivity (Wildman–Crippen MR) is 74.9 cm³/mol. The molecule has 1 aromatic carbocycles. The summed E-state index contributed by atoms with van der Waals surface area (Å²) in [6, 6.07) is 7.36. The number of aryl methyl sites for hydroxylation is 1. The minimum Gasteiger partial charge on any atom is -0.267 e. The fourth-order valence-corrected chi connectivity index (χ4v) is 2.53. The lowest BCUT2D eigenvalue weighted by molar-refractivity contribution is 0.0942. The van der Waals surface area contributed by atoms with Gasteiger partial charge in [-0.25, -0.2) is 4.68 Å². The van der Waals surface area contributed by atoms with Crippen molar-refractivity contribution in [3.63, 3.8) is 0 Å². The topological polar surface area (TPSA) is 34.9 Å². The molecule has 3 nitrogen and oxygen atoms in total. The summed E-state index contributed by atoms with van der Waals surface area (Å²) >= 11 is 3.37. The van der Waals surface area contributed by atoms with E-state index in [4.69, 9.17) is 0 Å². The summed E-state index contributed by atoms with van der Waals surface area (Å²) in [7, 11) is 0. The normalized spacial score (nSPS) is 10.7. The molecule has 2 aromatic rings. The van der Waals surface area contributed by atoms with E-state index in [1.54, 1.807) is 6.07 Å². The highest BCUT2D eigenvalue weighted by atomic mass is 79.9. The van der Waals surface area contributed by atoms with Gasteiger partial charge in [-0.1, -0.05) is 28.9 Å². The fraction of sp³-hybridized carbons (Fsp3) is 0.286. The van der Waals surface area contributed by atoms with Crippen molar-refractivity contribution < 1.29 is 4.79 Å². The maximum absolute atomic E-state index is 12.4. The van der Waals surface area contributed by atoms with E-state index >= 15 is 0 Å². The average Bonchev–Trinajstić information content (AvgIpc) is 2.63. The van der Waals surface area contributed by atoms with Crippen LogP contribution in [0, 0.1) is 13.8 Å². The van der Waals surface area contributed by atoms with E-state index in [1.165, 1.54) is 4.68 Å². The lowest BCUT2D eigenvalue weighted by Gasteiger charge is -2.04. The molecule has 1 heterocycles. The van der Waals surface area contributed by atoms with Gasteiger partial charge in [0.2, 0.25) is 0 Å². The number of carbonyl (C=O) groups is 1. The zero-order valence-corrected chi connectivity index (χ0v) is 12.3. The van der Waals surface area contributed by atoms with Crippen molar-refractivity contribution in [2.75, 3.05) is 0 Å². The van der Waals surface area contributed by atoms with Crippen LogP contribution in [0.15, 0.2) is 28.7 Å². The largest absolute Gasteiger partial charge is 0.278 e. The van der Waals surface area contributed by atoms with Crippen molar-refractivity contribution in [3.8, 4) is 0 Å². The second kappa shape index (κ2) is 5.06. The van der Waals surface area contributed by atoms with Gasteiger partial charge >= 0.3 is 0 Å². The molecular weight excluding hydrogens is 292 g/mol. The molecule has 0 aliphatic rings. The van der Waals surface area contributed by atoms with Gasteiger partial charge in [0.1, 0.15) is 0 Å². The van der Waals surface area contributed by atoms with Gasteiger partial charge in [-0.2, -0.15) is 5.10 Å². The molecule has 0 amide bonds. The first kappa shape index (κ1) is 13.0. The minimum atomic E-state index is -0.0865. The number of halogens is 1. The number of nitrogens with zero attached hydrogens (tertiary/aromatic N) is 2. The highest BCUT2D eigenvalue weighted by Gasteiger charge is 2.16. The van der Waals surface area contributed by atoms with Crippen LogP contribution in [0.1, 0.15) is 34.2 Å². The van der Waals surface area contributed by atoms with Crippen molar-refractivity contribution in [1.82, 2.24) is 9.78 Å². The van der Waals surface area contributed by atoms with Gasteiger partial charge < -0.3 is 0 Å². The molecule has 0 aliphatic heterocycles. The van der Waals surface area contributed by atoms with Crippen LogP contribution in [0.25, 0.3) is 0 Å². The molecule has 0 unspecified atom stereocenters. The summed E-state index contributed by atoms with van der Waals surface area (Å²) < 4.78 is 2.39. The monoisotopic (exact) mass is 306 g/mol. The quantitative estimate of drug-likeness (QED) is 0.851. The summed E-state index contributed by atoms with van der Waals surface area (Å²) in [5.74, 6) is -0.0865. The molecule has 0 aliphatic carbocycles. The van der Waals surface area contributed by atoms with E-state index in [9.17, 15) is 4.79 Å². The predicted octanol–water partition coefficient (Wildman–Crippen LogP) is 3.51. The molecule has 0 radical (unpaired) electrons. The molecule has 1 aromatic heterocycles. The Hall–Kier alpha value is -1.42. The first-order valence-corrected chi connectivity index (χ1v) is 6.69. The van der Waals surface area contributed by atoms with Crippen molar-refractivity contribution >= 4 is 21.8 Å². The van der Waals surface area contributed by atoms with Crippen molar-refractivity contribution in [2.24, 2.45) is 0 Å². The van der Waals surface area contributed by atoms with Gasteiger partial charge in [0.05, 0.1) is 5.69 Å². The number of hydrogen-bond donors (Lipinski definition) is 0. The van der Waals surface area contributed by atoms with Crippen molar-refractivity contribution in [2.45, 2.75) is 27.2 Å². The molecule has 0 saturated carbocycles. The third-order valence-electron chi connectivity index (χ3n) is 3.06. The summed E-state index contributed by atoms with van der Waals surface area (Å²) in [6.45, 7) is 5.95.